The molecule has 1 N–H and O–H groups in total. The van der Waals surface area contributed by atoms with E-state index in [4.69, 9.17) is 0 Å². The maximum atomic E-state index is 13.1. The van der Waals surface area contributed by atoms with Gasteiger partial charge in [-0.25, -0.2) is 4.39 Å². The van der Waals surface area contributed by atoms with Crippen LogP contribution < -0.4 is 0 Å². The van der Waals surface area contributed by atoms with Gasteiger partial charge < -0.3 is 14.9 Å². The fourth-order valence-corrected chi connectivity index (χ4v) is 3.51. The number of rotatable bonds is 6. The lowest BCUT2D eigenvalue weighted by Crippen LogP contribution is -2.47. The van der Waals surface area contributed by atoms with E-state index in [2.05, 4.69) is 16.7 Å². The Bertz CT molecular complexity index is 689. The first-order chi connectivity index (χ1) is 12.5. The van der Waals surface area contributed by atoms with Crippen molar-refractivity contribution in [2.75, 3.05) is 39.3 Å². The van der Waals surface area contributed by atoms with Crippen LogP contribution in [0.4, 0.5) is 4.39 Å². The van der Waals surface area contributed by atoms with Crippen molar-refractivity contribution < 1.29 is 9.50 Å². The van der Waals surface area contributed by atoms with Crippen molar-refractivity contribution in [3.05, 3.63) is 59.9 Å². The monoisotopic (exact) mass is 356 g/mol. The number of hydrogen-bond donors (Lipinski definition) is 1. The van der Waals surface area contributed by atoms with Gasteiger partial charge in [0.15, 0.2) is 0 Å². The molecule has 0 radical (unpaired) electrons. The molecule has 0 spiro atoms. The van der Waals surface area contributed by atoms with Crippen LogP contribution in [0, 0.1) is 5.82 Å². The summed E-state index contributed by atoms with van der Waals surface area (Å²) in [6.45, 7) is 10.5. The molecule has 0 aromatic heterocycles. The van der Waals surface area contributed by atoms with E-state index in [1.54, 1.807) is 12.1 Å². The van der Waals surface area contributed by atoms with Crippen LogP contribution in [0.3, 0.4) is 0 Å². The molecular weight excluding hydrogens is 327 g/mol. The number of nitrogens with zero attached hydrogens (tertiary/aromatic N) is 2. The van der Waals surface area contributed by atoms with Crippen LogP contribution in [0.2, 0.25) is 0 Å². The van der Waals surface area contributed by atoms with Crippen LogP contribution in [0.5, 0.6) is 0 Å². The van der Waals surface area contributed by atoms with Gasteiger partial charge in [-0.15, -0.1) is 0 Å². The smallest absolute Gasteiger partial charge is 0.123 e. The van der Waals surface area contributed by atoms with Crippen LogP contribution in [-0.4, -0.2) is 54.2 Å². The van der Waals surface area contributed by atoms with E-state index in [0.717, 1.165) is 62.4 Å². The molecule has 0 aliphatic carbocycles. The molecule has 0 bridgehead atoms. The van der Waals surface area contributed by atoms with Crippen molar-refractivity contribution in [3.63, 3.8) is 0 Å². The highest BCUT2D eigenvalue weighted by Gasteiger charge is 2.25. The van der Waals surface area contributed by atoms with Crippen LogP contribution in [0.25, 0.3) is 11.1 Å². The summed E-state index contributed by atoms with van der Waals surface area (Å²) in [4.78, 5) is 4.90. The topological polar surface area (TPSA) is 26.7 Å². The summed E-state index contributed by atoms with van der Waals surface area (Å²) in [6.07, 6.45) is 0.717. The van der Waals surface area contributed by atoms with E-state index in [1.165, 1.54) is 12.1 Å². The Balaban J connectivity index is 1.59. The first-order valence-corrected chi connectivity index (χ1v) is 9.51. The summed E-state index contributed by atoms with van der Waals surface area (Å²) in [5, 5.41) is 10.9. The molecule has 140 valence electrons. The summed E-state index contributed by atoms with van der Waals surface area (Å²) in [5.41, 5.74) is 2.09. The predicted octanol–water partition coefficient (Wildman–Crippen LogP) is 3.73. The second-order valence-electron chi connectivity index (χ2n) is 7.38. The van der Waals surface area contributed by atoms with E-state index < -0.39 is 5.60 Å². The third kappa shape index (κ3) is 4.70. The molecular formula is C22H29FN2O. The first kappa shape index (κ1) is 19.0. The Labute approximate surface area is 156 Å². The average Bonchev–Trinajstić information content (AvgIpc) is 2.67. The highest BCUT2D eigenvalue weighted by molar-refractivity contribution is 5.63. The third-order valence-corrected chi connectivity index (χ3v) is 5.51. The quantitative estimate of drug-likeness (QED) is 0.854. The Hall–Kier alpha value is -1.75. The number of halogens is 1. The Kier molecular flexibility index (Phi) is 6.07. The SMILES string of the molecule is CCN1CCN(CCC(C)(O)c2ccc(-c3ccc(F)cc3)cc2)CC1. The molecule has 1 aliphatic heterocycles. The van der Waals surface area contributed by atoms with E-state index in [-0.39, 0.29) is 5.82 Å². The van der Waals surface area contributed by atoms with Crippen molar-refractivity contribution in [1.29, 1.82) is 0 Å². The zero-order valence-corrected chi connectivity index (χ0v) is 15.8. The normalized spacial score (nSPS) is 18.6. The van der Waals surface area contributed by atoms with Crippen LogP contribution in [0.1, 0.15) is 25.8 Å². The first-order valence-electron chi connectivity index (χ1n) is 9.51. The summed E-state index contributed by atoms with van der Waals surface area (Å²) < 4.78 is 13.1. The van der Waals surface area contributed by atoms with Crippen LogP contribution in [-0.2, 0) is 5.60 Å². The molecule has 3 nitrogen and oxygen atoms in total. The molecule has 1 aliphatic rings. The Morgan fingerprint density at radius 2 is 1.38 bits per heavy atom. The number of hydrogen-bond acceptors (Lipinski definition) is 3. The van der Waals surface area contributed by atoms with E-state index in [9.17, 15) is 9.50 Å². The van der Waals surface area contributed by atoms with Crippen molar-refractivity contribution >= 4 is 0 Å². The van der Waals surface area contributed by atoms with Crippen molar-refractivity contribution in [3.8, 4) is 11.1 Å². The average molecular weight is 356 g/mol. The lowest BCUT2D eigenvalue weighted by Gasteiger charge is -2.35. The van der Waals surface area contributed by atoms with Crippen LogP contribution >= 0.6 is 0 Å². The minimum absolute atomic E-state index is 0.229. The number of aliphatic hydroxyl groups is 1. The second-order valence-corrected chi connectivity index (χ2v) is 7.38. The predicted molar refractivity (Wildman–Crippen MR) is 105 cm³/mol. The lowest BCUT2D eigenvalue weighted by atomic mass is 9.90. The maximum Gasteiger partial charge on any atom is 0.123 e. The molecule has 2 aromatic carbocycles. The maximum absolute atomic E-state index is 13.1. The molecule has 0 saturated carbocycles. The molecule has 0 amide bonds. The molecule has 1 saturated heterocycles. The fraction of sp³-hybridized carbons (Fsp3) is 0.455. The minimum atomic E-state index is -0.844. The molecule has 2 aromatic rings. The van der Waals surface area contributed by atoms with E-state index in [0.29, 0.717) is 0 Å². The molecule has 1 fully saturated rings. The second kappa shape index (κ2) is 8.30. The summed E-state index contributed by atoms with van der Waals surface area (Å²) in [5.74, 6) is -0.229. The third-order valence-electron chi connectivity index (χ3n) is 5.51. The molecule has 4 heteroatoms. The van der Waals surface area contributed by atoms with E-state index in [1.807, 2.05) is 31.2 Å². The van der Waals surface area contributed by atoms with E-state index >= 15 is 0 Å². The molecule has 3 rings (SSSR count). The Morgan fingerprint density at radius 3 is 1.92 bits per heavy atom. The van der Waals surface area contributed by atoms with Gasteiger partial charge >= 0.3 is 0 Å². The van der Waals surface area contributed by atoms with Gasteiger partial charge in [0, 0.05) is 32.7 Å². The standard InChI is InChI=1S/C22H29FN2O/c1-3-24-14-16-25(17-15-24)13-12-22(2,26)20-8-4-18(5-9-20)19-6-10-21(23)11-7-19/h4-11,26H,3,12-17H2,1-2H3. The summed E-state index contributed by atoms with van der Waals surface area (Å²) in [7, 11) is 0. The largest absolute Gasteiger partial charge is 0.385 e. The number of benzene rings is 2. The van der Waals surface area contributed by atoms with Crippen molar-refractivity contribution in [2.45, 2.75) is 25.9 Å². The van der Waals surface area contributed by atoms with Gasteiger partial charge in [0.05, 0.1) is 5.60 Å². The Morgan fingerprint density at radius 1 is 0.885 bits per heavy atom. The van der Waals surface area contributed by atoms with Gasteiger partial charge in [-0.2, -0.15) is 0 Å². The molecule has 1 atom stereocenters. The van der Waals surface area contributed by atoms with Crippen molar-refractivity contribution in [2.24, 2.45) is 0 Å². The number of likely N-dealkylation sites (N-methyl/N-ethyl adjacent to an activating group) is 1. The summed E-state index contributed by atoms with van der Waals surface area (Å²) >= 11 is 0. The molecule has 1 heterocycles. The summed E-state index contributed by atoms with van der Waals surface area (Å²) in [6, 6.07) is 14.4. The fourth-order valence-electron chi connectivity index (χ4n) is 3.51. The van der Waals surface area contributed by atoms with Gasteiger partial charge in [-0.05, 0) is 48.7 Å². The zero-order valence-electron chi connectivity index (χ0n) is 15.8. The van der Waals surface area contributed by atoms with Gasteiger partial charge in [0.25, 0.3) is 0 Å². The molecule has 26 heavy (non-hydrogen) atoms. The highest BCUT2D eigenvalue weighted by Crippen LogP contribution is 2.28. The number of piperazine rings is 1. The van der Waals surface area contributed by atoms with Gasteiger partial charge in [-0.3, -0.25) is 0 Å². The highest BCUT2D eigenvalue weighted by atomic mass is 19.1. The van der Waals surface area contributed by atoms with Gasteiger partial charge in [-0.1, -0.05) is 43.3 Å². The zero-order chi connectivity index (χ0) is 18.6. The van der Waals surface area contributed by atoms with Gasteiger partial charge in [0.2, 0.25) is 0 Å². The van der Waals surface area contributed by atoms with Gasteiger partial charge in [0.1, 0.15) is 5.82 Å². The minimum Gasteiger partial charge on any atom is -0.385 e. The van der Waals surface area contributed by atoms with Crippen LogP contribution in [0.15, 0.2) is 48.5 Å². The van der Waals surface area contributed by atoms with Crippen molar-refractivity contribution in [1.82, 2.24) is 9.80 Å². The lowest BCUT2D eigenvalue weighted by molar-refractivity contribution is 0.0288. The molecule has 1 unspecified atom stereocenters.